The standard InChI is InChI=1S/C31H40N6O2/c1-19(2)29-26-13-23(5-6-27(26)34-30(29)24-12-21(4)31-32-18-33-37(31)15-24)22-7-9-35(10-8-22)16-28(39)36-14-20(3)11-25(36)17-38/h5-6,12-13,15,18-20,22,25,34,38H,7-11,14,16-17H2,1-4H3/t20-,25-/m1/s1. The van der Waals surface area contributed by atoms with Crippen molar-refractivity contribution in [3.63, 3.8) is 0 Å². The summed E-state index contributed by atoms with van der Waals surface area (Å²) in [5.41, 5.74) is 8.17. The van der Waals surface area contributed by atoms with Gasteiger partial charge in [0.05, 0.1) is 24.9 Å². The number of amides is 1. The molecule has 3 aromatic heterocycles. The molecule has 6 rings (SSSR count). The van der Waals surface area contributed by atoms with Crippen molar-refractivity contribution in [3.8, 4) is 11.3 Å². The van der Waals surface area contributed by atoms with Crippen LogP contribution in [0.2, 0.25) is 0 Å². The van der Waals surface area contributed by atoms with Gasteiger partial charge in [-0.1, -0.05) is 26.8 Å². The summed E-state index contributed by atoms with van der Waals surface area (Å²) in [5, 5.41) is 15.4. The van der Waals surface area contributed by atoms with Gasteiger partial charge in [-0.05, 0) is 91.9 Å². The molecule has 5 heterocycles. The summed E-state index contributed by atoms with van der Waals surface area (Å²) in [6, 6.07) is 9.10. The van der Waals surface area contributed by atoms with E-state index in [0.717, 1.165) is 66.9 Å². The molecule has 2 aliphatic rings. The number of H-pyrrole nitrogens is 1. The van der Waals surface area contributed by atoms with Gasteiger partial charge in [-0.3, -0.25) is 9.69 Å². The minimum atomic E-state index is -0.0137. The second kappa shape index (κ2) is 10.4. The predicted molar refractivity (Wildman–Crippen MR) is 154 cm³/mol. The van der Waals surface area contributed by atoms with Crippen molar-refractivity contribution in [3.05, 3.63) is 53.5 Å². The molecule has 0 spiro atoms. The molecule has 206 valence electrons. The lowest BCUT2D eigenvalue weighted by molar-refractivity contribution is -0.134. The van der Waals surface area contributed by atoms with Crippen LogP contribution in [-0.2, 0) is 4.79 Å². The molecule has 2 fully saturated rings. The van der Waals surface area contributed by atoms with Gasteiger partial charge in [0.1, 0.15) is 6.33 Å². The van der Waals surface area contributed by atoms with Crippen LogP contribution in [0.5, 0.6) is 0 Å². The number of carbonyl (C=O) groups excluding carboxylic acids is 1. The van der Waals surface area contributed by atoms with Crippen LogP contribution in [-0.4, -0.2) is 79.2 Å². The third-order valence-corrected chi connectivity index (χ3v) is 8.86. The molecule has 39 heavy (non-hydrogen) atoms. The fourth-order valence-electron chi connectivity index (χ4n) is 6.88. The van der Waals surface area contributed by atoms with E-state index < -0.39 is 0 Å². The van der Waals surface area contributed by atoms with Crippen molar-refractivity contribution in [1.29, 1.82) is 0 Å². The molecule has 4 aromatic rings. The number of aliphatic hydroxyl groups is 1. The van der Waals surface area contributed by atoms with Crippen LogP contribution < -0.4 is 0 Å². The van der Waals surface area contributed by atoms with Crippen molar-refractivity contribution in [2.45, 2.75) is 64.8 Å². The van der Waals surface area contributed by atoms with Gasteiger partial charge in [0.2, 0.25) is 5.91 Å². The summed E-state index contributed by atoms with van der Waals surface area (Å²) in [5.74, 6) is 1.48. The number of pyridine rings is 1. The first-order valence-electron chi connectivity index (χ1n) is 14.4. The lowest BCUT2D eigenvalue weighted by Crippen LogP contribution is -2.45. The van der Waals surface area contributed by atoms with E-state index in [-0.39, 0.29) is 18.6 Å². The van der Waals surface area contributed by atoms with Crippen molar-refractivity contribution >= 4 is 22.5 Å². The Morgan fingerprint density at radius 1 is 1.21 bits per heavy atom. The third-order valence-electron chi connectivity index (χ3n) is 8.86. The zero-order valence-electron chi connectivity index (χ0n) is 23.5. The quantitative estimate of drug-likeness (QED) is 0.378. The van der Waals surface area contributed by atoms with Gasteiger partial charge in [0.25, 0.3) is 0 Å². The van der Waals surface area contributed by atoms with E-state index in [0.29, 0.717) is 24.3 Å². The number of aliphatic hydroxyl groups excluding tert-OH is 1. The first-order chi connectivity index (χ1) is 18.8. The van der Waals surface area contributed by atoms with Crippen LogP contribution >= 0.6 is 0 Å². The summed E-state index contributed by atoms with van der Waals surface area (Å²) in [6.45, 7) is 11.9. The molecule has 0 aliphatic carbocycles. The molecule has 1 amide bonds. The van der Waals surface area contributed by atoms with Crippen LogP contribution in [0.25, 0.3) is 27.8 Å². The molecular weight excluding hydrogens is 488 g/mol. The van der Waals surface area contributed by atoms with Gasteiger partial charge in [0, 0.05) is 29.2 Å². The molecule has 8 nitrogen and oxygen atoms in total. The number of piperidine rings is 1. The molecular formula is C31H40N6O2. The van der Waals surface area contributed by atoms with E-state index in [1.165, 1.54) is 16.5 Å². The van der Waals surface area contributed by atoms with Crippen molar-refractivity contribution in [2.24, 2.45) is 5.92 Å². The highest BCUT2D eigenvalue weighted by Crippen LogP contribution is 2.38. The van der Waals surface area contributed by atoms with Gasteiger partial charge >= 0.3 is 0 Å². The Morgan fingerprint density at radius 2 is 2.00 bits per heavy atom. The van der Waals surface area contributed by atoms with Crippen molar-refractivity contribution in [1.82, 2.24) is 29.4 Å². The summed E-state index contributed by atoms with van der Waals surface area (Å²) in [6.07, 6.45) is 6.67. The maximum atomic E-state index is 13.0. The highest BCUT2D eigenvalue weighted by Gasteiger charge is 2.33. The maximum Gasteiger partial charge on any atom is 0.237 e. The number of hydrogen-bond donors (Lipinski definition) is 2. The molecule has 2 atom stereocenters. The molecule has 2 N–H and O–H groups in total. The zero-order chi connectivity index (χ0) is 27.3. The van der Waals surface area contributed by atoms with E-state index in [4.69, 9.17) is 0 Å². The van der Waals surface area contributed by atoms with Gasteiger partial charge in [-0.2, -0.15) is 5.10 Å². The van der Waals surface area contributed by atoms with E-state index in [1.54, 1.807) is 6.33 Å². The van der Waals surface area contributed by atoms with E-state index >= 15 is 0 Å². The first kappa shape index (κ1) is 26.0. The zero-order valence-corrected chi connectivity index (χ0v) is 23.5. The monoisotopic (exact) mass is 528 g/mol. The largest absolute Gasteiger partial charge is 0.394 e. The first-order valence-corrected chi connectivity index (χ1v) is 14.4. The Bertz CT molecular complexity index is 1500. The molecule has 1 aromatic carbocycles. The number of fused-ring (bicyclic) bond motifs is 2. The Labute approximate surface area is 230 Å². The second-order valence-electron chi connectivity index (χ2n) is 12.1. The number of aromatic amines is 1. The summed E-state index contributed by atoms with van der Waals surface area (Å²) in [7, 11) is 0. The normalized spacial score (nSPS) is 21.1. The summed E-state index contributed by atoms with van der Waals surface area (Å²) >= 11 is 0. The highest BCUT2D eigenvalue weighted by molar-refractivity contribution is 5.92. The fraction of sp³-hybridized carbons (Fsp3) is 0.516. The SMILES string of the molecule is Cc1cc(-c2[nH]c3ccc(C4CCN(CC(=O)N5C[C@H](C)C[C@@H]5CO)CC4)cc3c2C(C)C)cn2ncnc12. The number of hydrogen-bond acceptors (Lipinski definition) is 5. The Kier molecular flexibility index (Phi) is 6.93. The van der Waals surface area contributed by atoms with E-state index in [9.17, 15) is 9.90 Å². The number of benzene rings is 1. The summed E-state index contributed by atoms with van der Waals surface area (Å²) < 4.78 is 1.86. The van der Waals surface area contributed by atoms with Crippen LogP contribution in [0, 0.1) is 12.8 Å². The second-order valence-corrected chi connectivity index (χ2v) is 12.1. The van der Waals surface area contributed by atoms with Gasteiger partial charge in [0.15, 0.2) is 5.65 Å². The molecule has 0 radical (unpaired) electrons. The lowest BCUT2D eigenvalue weighted by Gasteiger charge is -2.33. The van der Waals surface area contributed by atoms with Crippen molar-refractivity contribution in [2.75, 3.05) is 32.8 Å². The maximum absolute atomic E-state index is 13.0. The molecule has 0 unspecified atom stereocenters. The van der Waals surface area contributed by atoms with Crippen LogP contribution in [0.15, 0.2) is 36.8 Å². The Balaban J connectivity index is 1.20. The van der Waals surface area contributed by atoms with E-state index in [1.807, 2.05) is 9.42 Å². The minimum absolute atomic E-state index is 0.0137. The highest BCUT2D eigenvalue weighted by atomic mass is 16.3. The number of carbonyl (C=O) groups is 1. The molecule has 0 saturated carbocycles. The fourth-order valence-corrected chi connectivity index (χ4v) is 6.88. The predicted octanol–water partition coefficient (Wildman–Crippen LogP) is 4.72. The minimum Gasteiger partial charge on any atom is -0.394 e. The number of aromatic nitrogens is 4. The number of aryl methyl sites for hydroxylation is 1. The van der Waals surface area contributed by atoms with Gasteiger partial charge in [-0.15, -0.1) is 0 Å². The van der Waals surface area contributed by atoms with Crippen LogP contribution in [0.1, 0.15) is 68.6 Å². The smallest absolute Gasteiger partial charge is 0.237 e. The Morgan fingerprint density at radius 3 is 2.74 bits per heavy atom. The van der Waals surface area contributed by atoms with Crippen molar-refractivity contribution < 1.29 is 9.90 Å². The topological polar surface area (TPSA) is 89.8 Å². The van der Waals surface area contributed by atoms with Gasteiger partial charge in [-0.25, -0.2) is 9.50 Å². The number of rotatable bonds is 6. The average molecular weight is 529 g/mol. The third kappa shape index (κ3) is 4.85. The molecule has 2 aliphatic heterocycles. The summed E-state index contributed by atoms with van der Waals surface area (Å²) in [4.78, 5) is 25.3. The molecule has 0 bridgehead atoms. The molecule has 2 saturated heterocycles. The van der Waals surface area contributed by atoms with Crippen LogP contribution in [0.3, 0.4) is 0 Å². The lowest BCUT2D eigenvalue weighted by atomic mass is 9.87. The van der Waals surface area contributed by atoms with E-state index in [2.05, 4.69) is 78.1 Å². The number of nitrogens with zero attached hydrogens (tertiary/aromatic N) is 5. The average Bonchev–Trinajstić information content (AvgIpc) is 3.65. The Hall–Kier alpha value is -3.23. The number of likely N-dealkylation sites (tertiary alicyclic amines) is 2. The van der Waals surface area contributed by atoms with Crippen LogP contribution in [0.4, 0.5) is 0 Å². The molecule has 8 heteroatoms. The van der Waals surface area contributed by atoms with Gasteiger partial charge < -0.3 is 15.0 Å². The number of nitrogens with one attached hydrogen (secondary N) is 1.